The lowest BCUT2D eigenvalue weighted by Gasteiger charge is -2.06. The number of nitrogens with zero attached hydrogens (tertiary/aromatic N) is 3. The zero-order valence-corrected chi connectivity index (χ0v) is 9.44. The van der Waals surface area contributed by atoms with Gasteiger partial charge < -0.3 is 5.32 Å². The van der Waals surface area contributed by atoms with E-state index in [2.05, 4.69) is 20.3 Å². The van der Waals surface area contributed by atoms with Gasteiger partial charge in [-0.25, -0.2) is 9.97 Å². The monoisotopic (exact) mass is 214 g/mol. The number of hydrogen-bond donors (Lipinski definition) is 1. The molecule has 0 atom stereocenters. The maximum Gasteiger partial charge on any atom is 0.129 e. The molecule has 0 saturated carbocycles. The van der Waals surface area contributed by atoms with E-state index in [-0.39, 0.29) is 0 Å². The van der Waals surface area contributed by atoms with Crippen molar-refractivity contribution < 1.29 is 0 Å². The van der Waals surface area contributed by atoms with Gasteiger partial charge in [-0.15, -0.1) is 0 Å². The molecule has 0 aromatic carbocycles. The minimum Gasteiger partial charge on any atom is -0.370 e. The van der Waals surface area contributed by atoms with Gasteiger partial charge in [0.25, 0.3) is 0 Å². The summed E-state index contributed by atoms with van der Waals surface area (Å²) in [5.74, 6) is 0.851. The molecule has 2 rings (SSSR count). The molecule has 0 fully saturated rings. The van der Waals surface area contributed by atoms with Gasteiger partial charge in [-0.2, -0.15) is 0 Å². The van der Waals surface area contributed by atoms with Gasteiger partial charge in [0, 0.05) is 30.6 Å². The molecule has 1 N–H and O–H groups in total. The van der Waals surface area contributed by atoms with Gasteiger partial charge in [-0.3, -0.25) is 4.98 Å². The number of aromatic nitrogens is 3. The Morgan fingerprint density at radius 2 is 2.19 bits per heavy atom. The molecule has 4 heteroatoms. The lowest BCUT2D eigenvalue weighted by atomic mass is 10.1. The summed E-state index contributed by atoms with van der Waals surface area (Å²) in [6.07, 6.45) is 5.19. The van der Waals surface area contributed by atoms with Gasteiger partial charge in [-0.1, -0.05) is 0 Å². The zero-order chi connectivity index (χ0) is 11.4. The number of aryl methyl sites for hydroxylation is 1. The molecule has 0 bridgehead atoms. The van der Waals surface area contributed by atoms with Crippen molar-refractivity contribution in [3.05, 3.63) is 36.4 Å². The van der Waals surface area contributed by atoms with Crippen molar-refractivity contribution >= 4 is 5.82 Å². The van der Waals surface area contributed by atoms with E-state index in [0.29, 0.717) is 0 Å². The second-order valence-electron chi connectivity index (χ2n) is 3.51. The van der Waals surface area contributed by atoms with Gasteiger partial charge in [0.2, 0.25) is 0 Å². The summed E-state index contributed by atoms with van der Waals surface area (Å²) >= 11 is 0. The molecule has 0 unspecified atom stereocenters. The smallest absolute Gasteiger partial charge is 0.129 e. The predicted molar refractivity (Wildman–Crippen MR) is 64.2 cm³/mol. The number of hydrogen-bond acceptors (Lipinski definition) is 4. The third kappa shape index (κ3) is 2.16. The van der Waals surface area contributed by atoms with Crippen LogP contribution in [-0.2, 0) is 0 Å². The molecule has 0 aliphatic carbocycles. The third-order valence-electron chi connectivity index (χ3n) is 2.32. The van der Waals surface area contributed by atoms with Crippen LogP contribution in [0.5, 0.6) is 0 Å². The van der Waals surface area contributed by atoms with Gasteiger partial charge in [0.15, 0.2) is 0 Å². The molecule has 16 heavy (non-hydrogen) atoms. The first-order valence-corrected chi connectivity index (χ1v) is 5.28. The lowest BCUT2D eigenvalue weighted by molar-refractivity contribution is 1.11. The summed E-state index contributed by atoms with van der Waals surface area (Å²) in [4.78, 5) is 12.5. The van der Waals surface area contributed by atoms with Crippen LogP contribution in [0.1, 0.15) is 12.5 Å². The van der Waals surface area contributed by atoms with Crippen LogP contribution in [0.4, 0.5) is 5.82 Å². The van der Waals surface area contributed by atoms with Crippen molar-refractivity contribution in [2.24, 2.45) is 0 Å². The summed E-state index contributed by atoms with van der Waals surface area (Å²) < 4.78 is 0. The molecule has 0 radical (unpaired) electrons. The molecular weight excluding hydrogens is 200 g/mol. The summed E-state index contributed by atoms with van der Waals surface area (Å²) in [7, 11) is 0. The highest BCUT2D eigenvalue weighted by Crippen LogP contribution is 2.21. The quantitative estimate of drug-likeness (QED) is 0.851. The van der Waals surface area contributed by atoms with Crippen LogP contribution in [-0.4, -0.2) is 21.5 Å². The second kappa shape index (κ2) is 4.70. The third-order valence-corrected chi connectivity index (χ3v) is 2.32. The Morgan fingerprint density at radius 3 is 2.94 bits per heavy atom. The van der Waals surface area contributed by atoms with E-state index in [1.54, 1.807) is 12.5 Å². The fourth-order valence-corrected chi connectivity index (χ4v) is 1.54. The second-order valence-corrected chi connectivity index (χ2v) is 3.51. The van der Waals surface area contributed by atoms with Crippen molar-refractivity contribution in [1.82, 2.24) is 15.0 Å². The highest BCUT2D eigenvalue weighted by Gasteiger charge is 2.03. The Morgan fingerprint density at radius 1 is 1.31 bits per heavy atom. The number of anilines is 1. The van der Waals surface area contributed by atoms with E-state index in [4.69, 9.17) is 0 Å². The van der Waals surface area contributed by atoms with Crippen molar-refractivity contribution in [1.29, 1.82) is 0 Å². The average Bonchev–Trinajstić information content (AvgIpc) is 2.30. The van der Waals surface area contributed by atoms with E-state index >= 15 is 0 Å². The predicted octanol–water partition coefficient (Wildman–Crippen LogP) is 2.28. The summed E-state index contributed by atoms with van der Waals surface area (Å²) in [5, 5.41) is 3.17. The molecule has 0 aliphatic rings. The lowest BCUT2D eigenvalue weighted by Crippen LogP contribution is -2.00. The molecule has 2 heterocycles. The SMILES string of the molecule is CCNc1cc(-c2ccncc2C)ncn1. The largest absolute Gasteiger partial charge is 0.370 e. The van der Waals surface area contributed by atoms with E-state index in [0.717, 1.165) is 29.2 Å². The highest BCUT2D eigenvalue weighted by molar-refractivity contribution is 5.64. The van der Waals surface area contributed by atoms with Crippen molar-refractivity contribution in [2.75, 3.05) is 11.9 Å². The van der Waals surface area contributed by atoms with Crippen molar-refractivity contribution in [3.8, 4) is 11.3 Å². The molecule has 2 aromatic heterocycles. The molecule has 82 valence electrons. The van der Waals surface area contributed by atoms with Crippen LogP contribution < -0.4 is 5.32 Å². The molecular formula is C12H14N4. The average molecular weight is 214 g/mol. The fourth-order valence-electron chi connectivity index (χ4n) is 1.54. The summed E-state index contributed by atoms with van der Waals surface area (Å²) in [6.45, 7) is 4.92. The summed E-state index contributed by atoms with van der Waals surface area (Å²) in [5.41, 5.74) is 3.13. The first-order valence-electron chi connectivity index (χ1n) is 5.28. The topological polar surface area (TPSA) is 50.7 Å². The Labute approximate surface area is 94.8 Å². The van der Waals surface area contributed by atoms with E-state index < -0.39 is 0 Å². The number of nitrogens with one attached hydrogen (secondary N) is 1. The van der Waals surface area contributed by atoms with E-state index in [9.17, 15) is 0 Å². The van der Waals surface area contributed by atoms with Crippen LogP contribution in [0.15, 0.2) is 30.9 Å². The maximum absolute atomic E-state index is 4.27. The Balaban J connectivity index is 2.40. The molecule has 0 amide bonds. The molecule has 0 spiro atoms. The highest BCUT2D eigenvalue weighted by atomic mass is 15.0. The van der Waals surface area contributed by atoms with Gasteiger partial charge in [-0.05, 0) is 25.5 Å². The molecule has 0 saturated heterocycles. The first-order chi connectivity index (χ1) is 7.81. The maximum atomic E-state index is 4.27. The first kappa shape index (κ1) is 10.5. The van der Waals surface area contributed by atoms with Crippen LogP contribution in [0, 0.1) is 6.92 Å². The zero-order valence-electron chi connectivity index (χ0n) is 9.44. The van der Waals surface area contributed by atoms with Gasteiger partial charge in [0.05, 0.1) is 5.69 Å². The molecule has 4 nitrogen and oxygen atoms in total. The van der Waals surface area contributed by atoms with Crippen LogP contribution >= 0.6 is 0 Å². The number of pyridine rings is 1. The van der Waals surface area contributed by atoms with Gasteiger partial charge in [0.1, 0.15) is 12.1 Å². The Bertz CT molecular complexity index is 482. The minimum atomic E-state index is 0.851. The van der Waals surface area contributed by atoms with E-state index in [1.807, 2.05) is 32.2 Å². The van der Waals surface area contributed by atoms with Crippen LogP contribution in [0.25, 0.3) is 11.3 Å². The van der Waals surface area contributed by atoms with Crippen LogP contribution in [0.2, 0.25) is 0 Å². The van der Waals surface area contributed by atoms with Gasteiger partial charge >= 0.3 is 0 Å². The summed E-state index contributed by atoms with van der Waals surface area (Å²) in [6, 6.07) is 3.92. The van der Waals surface area contributed by atoms with Crippen molar-refractivity contribution in [3.63, 3.8) is 0 Å². The Kier molecular flexibility index (Phi) is 3.10. The van der Waals surface area contributed by atoms with Crippen molar-refractivity contribution in [2.45, 2.75) is 13.8 Å². The normalized spacial score (nSPS) is 10.1. The standard InChI is InChI=1S/C12H14N4/c1-3-14-12-6-11(15-8-16-12)10-4-5-13-7-9(10)2/h4-8H,3H2,1-2H3,(H,14,15,16). The Hall–Kier alpha value is -1.97. The minimum absolute atomic E-state index is 0.851. The van der Waals surface area contributed by atoms with E-state index in [1.165, 1.54) is 0 Å². The molecule has 0 aliphatic heterocycles. The van der Waals surface area contributed by atoms with Crippen LogP contribution in [0.3, 0.4) is 0 Å². The fraction of sp³-hybridized carbons (Fsp3) is 0.250. The molecule has 2 aromatic rings. The number of rotatable bonds is 3.